The Balaban J connectivity index is 1.95. The number of ether oxygens (including phenoxy) is 1. The van der Waals surface area contributed by atoms with E-state index in [9.17, 15) is 13.2 Å². The van der Waals surface area contributed by atoms with Crippen LogP contribution in [0.15, 0.2) is 53.4 Å². The number of aryl methyl sites for hydroxylation is 1. The third-order valence-corrected chi connectivity index (χ3v) is 5.11. The highest BCUT2D eigenvalue weighted by Gasteiger charge is 2.16. The third-order valence-electron chi connectivity index (χ3n) is 3.28. The van der Waals surface area contributed by atoms with Crippen molar-refractivity contribution in [2.75, 3.05) is 26.0 Å². The predicted octanol–water partition coefficient (Wildman–Crippen LogP) is 2.26. The Hall–Kier alpha value is -2.38. The van der Waals surface area contributed by atoms with E-state index in [0.717, 1.165) is 9.87 Å². The van der Waals surface area contributed by atoms with Crippen molar-refractivity contribution in [1.82, 2.24) is 4.31 Å². The number of rotatable bonds is 6. The smallest absolute Gasteiger partial charge is 0.262 e. The van der Waals surface area contributed by atoms with Gasteiger partial charge in [-0.05, 0) is 48.9 Å². The van der Waals surface area contributed by atoms with Crippen molar-refractivity contribution in [1.29, 1.82) is 0 Å². The summed E-state index contributed by atoms with van der Waals surface area (Å²) in [5.41, 5.74) is 1.55. The average molecular weight is 348 g/mol. The number of carbonyl (C=O) groups excluding carboxylic acids is 1. The average Bonchev–Trinajstić information content (AvgIpc) is 2.53. The first-order valence-electron chi connectivity index (χ1n) is 7.31. The van der Waals surface area contributed by atoms with Gasteiger partial charge in [0.15, 0.2) is 6.61 Å². The van der Waals surface area contributed by atoms with Gasteiger partial charge in [-0.3, -0.25) is 4.79 Å². The van der Waals surface area contributed by atoms with Gasteiger partial charge in [-0.2, -0.15) is 0 Å². The molecule has 7 heteroatoms. The molecule has 0 saturated heterocycles. The van der Waals surface area contributed by atoms with E-state index >= 15 is 0 Å². The van der Waals surface area contributed by atoms with Gasteiger partial charge in [0.1, 0.15) is 5.75 Å². The molecule has 0 aliphatic rings. The summed E-state index contributed by atoms with van der Waals surface area (Å²) in [5, 5.41) is 2.66. The number of sulfonamides is 1. The summed E-state index contributed by atoms with van der Waals surface area (Å²) in [6.45, 7) is 1.82. The Morgan fingerprint density at radius 3 is 2.38 bits per heavy atom. The number of nitrogens with zero attached hydrogens (tertiary/aromatic N) is 1. The minimum absolute atomic E-state index is 0.124. The van der Waals surface area contributed by atoms with Crippen LogP contribution in [0.1, 0.15) is 5.56 Å². The van der Waals surface area contributed by atoms with Crippen molar-refractivity contribution >= 4 is 21.6 Å². The summed E-state index contributed by atoms with van der Waals surface area (Å²) in [6, 6.07) is 13.4. The van der Waals surface area contributed by atoms with E-state index in [-0.39, 0.29) is 17.4 Å². The molecule has 6 nitrogen and oxygen atoms in total. The molecule has 24 heavy (non-hydrogen) atoms. The molecule has 0 heterocycles. The standard InChI is InChI=1S/C17H20N2O4S/c1-13-5-4-6-15(11-13)23-12-17(20)18-14-7-9-16(10-8-14)24(21,22)19(2)3/h4-11H,12H2,1-3H3,(H,18,20). The van der Waals surface area contributed by atoms with Crippen LogP contribution in [-0.2, 0) is 14.8 Å². The van der Waals surface area contributed by atoms with Crippen molar-refractivity contribution < 1.29 is 17.9 Å². The van der Waals surface area contributed by atoms with Gasteiger partial charge in [0.2, 0.25) is 10.0 Å². The van der Waals surface area contributed by atoms with Crippen LogP contribution in [0.5, 0.6) is 5.75 Å². The Labute approximate surface area is 142 Å². The van der Waals surface area contributed by atoms with E-state index in [1.165, 1.54) is 26.2 Å². The van der Waals surface area contributed by atoms with Gasteiger partial charge in [0.05, 0.1) is 4.90 Å². The van der Waals surface area contributed by atoms with Crippen molar-refractivity contribution in [2.24, 2.45) is 0 Å². The summed E-state index contributed by atoms with van der Waals surface area (Å²) in [6.07, 6.45) is 0. The van der Waals surface area contributed by atoms with E-state index in [2.05, 4.69) is 5.32 Å². The topological polar surface area (TPSA) is 75.7 Å². The molecule has 0 aliphatic carbocycles. The molecule has 2 rings (SSSR count). The van der Waals surface area contributed by atoms with E-state index in [1.807, 2.05) is 25.1 Å². The molecule has 2 aromatic carbocycles. The second kappa shape index (κ2) is 7.46. The molecule has 0 saturated carbocycles. The van der Waals surface area contributed by atoms with Crippen molar-refractivity contribution in [3.05, 3.63) is 54.1 Å². The predicted molar refractivity (Wildman–Crippen MR) is 92.6 cm³/mol. The maximum absolute atomic E-state index is 12.0. The van der Waals surface area contributed by atoms with Crippen LogP contribution < -0.4 is 10.1 Å². The molecule has 0 spiro atoms. The quantitative estimate of drug-likeness (QED) is 0.869. The lowest BCUT2D eigenvalue weighted by molar-refractivity contribution is -0.118. The Kier molecular flexibility index (Phi) is 5.58. The fraction of sp³-hybridized carbons (Fsp3) is 0.235. The minimum Gasteiger partial charge on any atom is -0.484 e. The van der Waals surface area contributed by atoms with Gasteiger partial charge >= 0.3 is 0 Å². The highest BCUT2D eigenvalue weighted by molar-refractivity contribution is 7.89. The van der Waals surface area contributed by atoms with Crippen LogP contribution in [0, 0.1) is 6.92 Å². The van der Waals surface area contributed by atoms with Crippen LogP contribution in [0.25, 0.3) is 0 Å². The first-order chi connectivity index (χ1) is 11.3. The number of hydrogen-bond donors (Lipinski definition) is 1. The third kappa shape index (κ3) is 4.56. The summed E-state index contributed by atoms with van der Waals surface area (Å²) >= 11 is 0. The molecule has 0 fully saturated rings. The second-order valence-electron chi connectivity index (χ2n) is 5.47. The number of benzene rings is 2. The van der Waals surface area contributed by atoms with Crippen molar-refractivity contribution in [2.45, 2.75) is 11.8 Å². The van der Waals surface area contributed by atoms with E-state index in [1.54, 1.807) is 18.2 Å². The van der Waals surface area contributed by atoms with Gasteiger partial charge in [0.25, 0.3) is 5.91 Å². The van der Waals surface area contributed by atoms with E-state index in [0.29, 0.717) is 11.4 Å². The molecule has 1 N–H and O–H groups in total. The molecule has 0 unspecified atom stereocenters. The van der Waals surface area contributed by atoms with Gasteiger partial charge in [-0.25, -0.2) is 12.7 Å². The zero-order chi connectivity index (χ0) is 17.7. The monoisotopic (exact) mass is 348 g/mol. The maximum Gasteiger partial charge on any atom is 0.262 e. The molecule has 0 bridgehead atoms. The Morgan fingerprint density at radius 2 is 1.79 bits per heavy atom. The van der Waals surface area contributed by atoms with Crippen LogP contribution >= 0.6 is 0 Å². The van der Waals surface area contributed by atoms with Gasteiger partial charge < -0.3 is 10.1 Å². The summed E-state index contributed by atoms with van der Waals surface area (Å²) in [4.78, 5) is 12.1. The molecule has 1 amide bonds. The number of anilines is 1. The first kappa shape index (κ1) is 18.0. The largest absolute Gasteiger partial charge is 0.484 e. The molecule has 2 aromatic rings. The van der Waals surface area contributed by atoms with Gasteiger partial charge in [-0.1, -0.05) is 12.1 Å². The molecule has 0 aliphatic heterocycles. The summed E-state index contributed by atoms with van der Waals surface area (Å²) < 4.78 is 30.5. The lowest BCUT2D eigenvalue weighted by Crippen LogP contribution is -2.22. The Morgan fingerprint density at radius 1 is 1.12 bits per heavy atom. The molecule has 0 aromatic heterocycles. The number of carbonyl (C=O) groups is 1. The zero-order valence-electron chi connectivity index (χ0n) is 13.8. The number of amides is 1. The fourth-order valence-electron chi connectivity index (χ4n) is 1.97. The zero-order valence-corrected chi connectivity index (χ0v) is 14.6. The summed E-state index contributed by atoms with van der Waals surface area (Å²) in [5.74, 6) is 0.303. The van der Waals surface area contributed by atoms with Crippen molar-refractivity contribution in [3.8, 4) is 5.75 Å². The van der Waals surface area contributed by atoms with E-state index < -0.39 is 10.0 Å². The lowest BCUT2D eigenvalue weighted by Gasteiger charge is -2.12. The highest BCUT2D eigenvalue weighted by atomic mass is 32.2. The SMILES string of the molecule is Cc1cccc(OCC(=O)Nc2ccc(S(=O)(=O)N(C)C)cc2)c1. The molecular weight excluding hydrogens is 328 g/mol. The molecule has 0 atom stereocenters. The fourth-order valence-corrected chi connectivity index (χ4v) is 2.87. The number of hydrogen-bond acceptors (Lipinski definition) is 4. The highest BCUT2D eigenvalue weighted by Crippen LogP contribution is 2.17. The van der Waals surface area contributed by atoms with Crippen LogP contribution in [0.3, 0.4) is 0 Å². The Bertz CT molecular complexity index is 815. The van der Waals surface area contributed by atoms with Crippen LogP contribution in [0.4, 0.5) is 5.69 Å². The maximum atomic E-state index is 12.0. The number of nitrogens with one attached hydrogen (secondary N) is 1. The van der Waals surface area contributed by atoms with Gasteiger partial charge in [-0.15, -0.1) is 0 Å². The van der Waals surface area contributed by atoms with E-state index in [4.69, 9.17) is 4.74 Å². The van der Waals surface area contributed by atoms with Crippen LogP contribution in [0.2, 0.25) is 0 Å². The lowest BCUT2D eigenvalue weighted by atomic mass is 10.2. The second-order valence-corrected chi connectivity index (χ2v) is 7.62. The van der Waals surface area contributed by atoms with Crippen molar-refractivity contribution in [3.63, 3.8) is 0 Å². The molecule has 128 valence electrons. The first-order valence-corrected chi connectivity index (χ1v) is 8.75. The normalized spacial score (nSPS) is 11.3. The molecular formula is C17H20N2O4S. The summed E-state index contributed by atoms with van der Waals surface area (Å²) in [7, 11) is -0.545. The molecule has 0 radical (unpaired) electrons. The minimum atomic E-state index is -3.48. The van der Waals surface area contributed by atoms with Gasteiger partial charge in [0, 0.05) is 19.8 Å². The van der Waals surface area contributed by atoms with Crippen LogP contribution in [-0.4, -0.2) is 39.3 Å².